The van der Waals surface area contributed by atoms with Crippen molar-refractivity contribution in [3.05, 3.63) is 87.7 Å². The van der Waals surface area contributed by atoms with Gasteiger partial charge in [0, 0.05) is 5.56 Å². The van der Waals surface area contributed by atoms with Crippen LogP contribution in [0.2, 0.25) is 5.02 Å². The standard InChI is InChI=1S/C27H26ClN3O3/c1-5-33-23-16-18(15-21(28)24(23)34-27(2,3)4)17-29-31-25(19-11-7-6-8-12-19)30-22-14-10-9-13-20(22)26(31)32/h6-17H,5H2,1-4H3. The molecule has 0 unspecified atom stereocenters. The third-order valence-corrected chi connectivity index (χ3v) is 5.13. The van der Waals surface area contributed by atoms with Crippen LogP contribution in [-0.2, 0) is 0 Å². The molecule has 6 nitrogen and oxygen atoms in total. The number of benzene rings is 3. The molecule has 1 heterocycles. The van der Waals surface area contributed by atoms with E-state index in [1.165, 1.54) is 4.68 Å². The van der Waals surface area contributed by atoms with Gasteiger partial charge in [0.15, 0.2) is 17.3 Å². The van der Waals surface area contributed by atoms with E-state index < -0.39 is 5.60 Å². The van der Waals surface area contributed by atoms with Crippen LogP contribution in [0.25, 0.3) is 22.3 Å². The van der Waals surface area contributed by atoms with Gasteiger partial charge >= 0.3 is 0 Å². The molecule has 4 rings (SSSR count). The van der Waals surface area contributed by atoms with Crippen LogP contribution in [0.1, 0.15) is 33.3 Å². The van der Waals surface area contributed by atoms with Gasteiger partial charge in [-0.2, -0.15) is 9.78 Å². The van der Waals surface area contributed by atoms with Gasteiger partial charge in [0.2, 0.25) is 0 Å². The van der Waals surface area contributed by atoms with Crippen LogP contribution in [0, 0.1) is 0 Å². The lowest BCUT2D eigenvalue weighted by atomic mass is 10.1. The first kappa shape index (κ1) is 23.5. The van der Waals surface area contributed by atoms with Crippen LogP contribution in [0.15, 0.2) is 76.6 Å². The maximum absolute atomic E-state index is 13.3. The highest BCUT2D eigenvalue weighted by atomic mass is 35.5. The number of halogens is 1. The largest absolute Gasteiger partial charge is 0.490 e. The van der Waals surface area contributed by atoms with Crippen molar-refractivity contribution >= 4 is 28.7 Å². The number of aromatic nitrogens is 2. The number of fused-ring (bicyclic) bond motifs is 1. The van der Waals surface area contributed by atoms with Gasteiger partial charge in [-0.3, -0.25) is 4.79 Å². The fraction of sp³-hybridized carbons (Fsp3) is 0.222. The molecule has 1 aromatic heterocycles. The van der Waals surface area contributed by atoms with Crippen molar-refractivity contribution in [1.82, 2.24) is 9.66 Å². The topological polar surface area (TPSA) is 65.7 Å². The Kier molecular flexibility index (Phi) is 6.70. The molecule has 0 fully saturated rings. The fourth-order valence-electron chi connectivity index (χ4n) is 3.46. The van der Waals surface area contributed by atoms with Gasteiger partial charge < -0.3 is 9.47 Å². The Hall–Kier alpha value is -3.64. The Bertz CT molecular complexity index is 1410. The van der Waals surface area contributed by atoms with Crippen LogP contribution in [0.5, 0.6) is 11.5 Å². The first-order valence-electron chi connectivity index (χ1n) is 11.0. The highest BCUT2D eigenvalue weighted by molar-refractivity contribution is 6.32. The van der Waals surface area contributed by atoms with Crippen molar-refractivity contribution in [2.45, 2.75) is 33.3 Å². The number of para-hydroxylation sites is 1. The van der Waals surface area contributed by atoms with Crippen LogP contribution in [-0.4, -0.2) is 28.1 Å². The second-order valence-corrected chi connectivity index (χ2v) is 9.06. The minimum atomic E-state index is -0.445. The Balaban J connectivity index is 1.84. The zero-order valence-electron chi connectivity index (χ0n) is 19.6. The van der Waals surface area contributed by atoms with Crippen LogP contribution < -0.4 is 15.0 Å². The number of nitrogens with zero attached hydrogens (tertiary/aromatic N) is 3. The highest BCUT2D eigenvalue weighted by Crippen LogP contribution is 2.38. The molecule has 0 amide bonds. The molecule has 34 heavy (non-hydrogen) atoms. The van der Waals surface area contributed by atoms with E-state index in [0.29, 0.717) is 45.4 Å². The molecule has 0 saturated heterocycles. The van der Waals surface area contributed by atoms with Gasteiger partial charge in [0.1, 0.15) is 5.60 Å². The smallest absolute Gasteiger partial charge is 0.282 e. The molecule has 0 N–H and O–H groups in total. The predicted octanol–water partition coefficient (Wildman–Crippen LogP) is 6.18. The number of rotatable bonds is 6. The van der Waals surface area contributed by atoms with Crippen LogP contribution >= 0.6 is 11.6 Å². The van der Waals surface area contributed by atoms with E-state index in [4.69, 9.17) is 26.1 Å². The van der Waals surface area contributed by atoms with E-state index in [0.717, 1.165) is 5.56 Å². The Morgan fingerprint density at radius 2 is 1.76 bits per heavy atom. The molecular formula is C27H26ClN3O3. The monoisotopic (exact) mass is 475 g/mol. The normalized spacial score (nSPS) is 11.8. The minimum absolute atomic E-state index is 0.260. The lowest BCUT2D eigenvalue weighted by Gasteiger charge is -2.24. The molecule has 4 aromatic rings. The quantitative estimate of drug-likeness (QED) is 0.312. The van der Waals surface area contributed by atoms with Gasteiger partial charge in [-0.05, 0) is 57.5 Å². The van der Waals surface area contributed by atoms with Crippen molar-refractivity contribution in [3.63, 3.8) is 0 Å². The Labute approximate surface area is 203 Å². The van der Waals surface area contributed by atoms with E-state index in [-0.39, 0.29) is 5.56 Å². The SMILES string of the molecule is CCOc1cc(C=Nn2c(-c3ccccc3)nc3ccccc3c2=O)cc(Cl)c1OC(C)(C)C. The molecule has 0 spiro atoms. The van der Waals surface area contributed by atoms with Crippen molar-refractivity contribution in [2.75, 3.05) is 6.61 Å². The van der Waals surface area contributed by atoms with Crippen molar-refractivity contribution in [3.8, 4) is 22.9 Å². The Morgan fingerprint density at radius 1 is 1.06 bits per heavy atom. The van der Waals surface area contributed by atoms with Gasteiger partial charge in [-0.25, -0.2) is 4.98 Å². The van der Waals surface area contributed by atoms with Crippen molar-refractivity contribution in [1.29, 1.82) is 0 Å². The van der Waals surface area contributed by atoms with Gasteiger partial charge in [0.05, 0.1) is 28.7 Å². The first-order valence-corrected chi connectivity index (χ1v) is 11.4. The predicted molar refractivity (Wildman–Crippen MR) is 137 cm³/mol. The maximum atomic E-state index is 13.3. The summed E-state index contributed by atoms with van der Waals surface area (Å²) in [5.74, 6) is 1.44. The second kappa shape index (κ2) is 9.69. The molecule has 0 aliphatic heterocycles. The lowest BCUT2D eigenvalue weighted by molar-refractivity contribution is 0.124. The summed E-state index contributed by atoms with van der Waals surface area (Å²) in [5.41, 5.74) is 1.35. The molecule has 174 valence electrons. The third kappa shape index (κ3) is 5.13. The zero-order valence-corrected chi connectivity index (χ0v) is 20.3. The van der Waals surface area contributed by atoms with Crippen LogP contribution in [0.3, 0.4) is 0 Å². The maximum Gasteiger partial charge on any atom is 0.282 e. The van der Waals surface area contributed by atoms with Crippen molar-refractivity contribution < 1.29 is 9.47 Å². The summed E-state index contributed by atoms with van der Waals surface area (Å²) in [6, 6.07) is 20.2. The van der Waals surface area contributed by atoms with Gasteiger partial charge in [-0.15, -0.1) is 0 Å². The minimum Gasteiger partial charge on any atom is -0.490 e. The van der Waals surface area contributed by atoms with Crippen LogP contribution in [0.4, 0.5) is 0 Å². The summed E-state index contributed by atoms with van der Waals surface area (Å²) in [7, 11) is 0. The van der Waals surface area contributed by atoms with E-state index in [9.17, 15) is 4.79 Å². The molecule has 0 bridgehead atoms. The summed E-state index contributed by atoms with van der Waals surface area (Å²) in [6.45, 7) is 8.17. The highest BCUT2D eigenvalue weighted by Gasteiger charge is 2.19. The first-order chi connectivity index (χ1) is 16.3. The molecule has 0 saturated carbocycles. The number of hydrogen-bond acceptors (Lipinski definition) is 5. The fourth-order valence-corrected chi connectivity index (χ4v) is 3.72. The van der Waals surface area contributed by atoms with E-state index >= 15 is 0 Å². The summed E-state index contributed by atoms with van der Waals surface area (Å²) in [5, 5.41) is 5.40. The lowest BCUT2D eigenvalue weighted by Crippen LogP contribution is -2.23. The molecule has 0 aliphatic rings. The van der Waals surface area contributed by atoms with E-state index in [1.54, 1.807) is 24.4 Å². The molecule has 0 atom stereocenters. The van der Waals surface area contributed by atoms with Gasteiger partial charge in [-0.1, -0.05) is 54.1 Å². The number of hydrogen-bond donors (Lipinski definition) is 0. The molecule has 0 aliphatic carbocycles. The average molecular weight is 476 g/mol. The summed E-state index contributed by atoms with van der Waals surface area (Å²) < 4.78 is 13.1. The zero-order chi connectivity index (χ0) is 24.3. The number of ether oxygens (including phenoxy) is 2. The second-order valence-electron chi connectivity index (χ2n) is 8.66. The molecule has 3 aromatic carbocycles. The van der Waals surface area contributed by atoms with Crippen molar-refractivity contribution in [2.24, 2.45) is 5.10 Å². The van der Waals surface area contributed by atoms with Gasteiger partial charge in [0.25, 0.3) is 5.56 Å². The average Bonchev–Trinajstić information content (AvgIpc) is 2.81. The molecular weight excluding hydrogens is 450 g/mol. The third-order valence-electron chi connectivity index (χ3n) is 4.85. The molecule has 7 heteroatoms. The summed E-state index contributed by atoms with van der Waals surface area (Å²) in [4.78, 5) is 18.0. The van der Waals surface area contributed by atoms with E-state index in [2.05, 4.69) is 5.10 Å². The summed E-state index contributed by atoms with van der Waals surface area (Å²) in [6.07, 6.45) is 1.57. The van der Waals surface area contributed by atoms with E-state index in [1.807, 2.05) is 76.2 Å². The molecule has 0 radical (unpaired) electrons. The summed E-state index contributed by atoms with van der Waals surface area (Å²) >= 11 is 6.55. The Morgan fingerprint density at radius 3 is 2.47 bits per heavy atom.